The van der Waals surface area contributed by atoms with Gasteiger partial charge in [0.05, 0.1) is 5.69 Å². The molecule has 0 saturated heterocycles. The van der Waals surface area contributed by atoms with Gasteiger partial charge in [0, 0.05) is 12.3 Å². The number of halogens is 2. The summed E-state index contributed by atoms with van der Waals surface area (Å²) >= 11 is 0. The van der Waals surface area contributed by atoms with Crippen LogP contribution in [0, 0.1) is 11.6 Å². The predicted molar refractivity (Wildman–Crippen MR) is 91.4 cm³/mol. The van der Waals surface area contributed by atoms with E-state index in [-0.39, 0.29) is 16.4 Å². The Hall–Kier alpha value is -2.75. The van der Waals surface area contributed by atoms with E-state index in [4.69, 9.17) is 5.11 Å². The molecule has 1 atom stereocenters. The van der Waals surface area contributed by atoms with Gasteiger partial charge in [-0.2, -0.15) is 0 Å². The van der Waals surface area contributed by atoms with Crippen LogP contribution in [0.3, 0.4) is 0 Å². The molecule has 0 aliphatic rings. The van der Waals surface area contributed by atoms with Crippen molar-refractivity contribution < 1.29 is 27.1 Å². The number of hydrogen-bond acceptors (Lipinski definition) is 5. The number of aromatic nitrogens is 1. The summed E-state index contributed by atoms with van der Waals surface area (Å²) in [6.07, 6.45) is 2.07. The number of sulfonamides is 1. The molecule has 10 heteroatoms. The van der Waals surface area contributed by atoms with E-state index in [9.17, 15) is 22.0 Å². The van der Waals surface area contributed by atoms with Crippen LogP contribution >= 0.6 is 0 Å². The third-order valence-corrected chi connectivity index (χ3v) is 4.78. The summed E-state index contributed by atoms with van der Waals surface area (Å²) in [6, 6.07) is 4.32. The smallest absolute Gasteiger partial charge is 0.326 e. The highest BCUT2D eigenvalue weighted by atomic mass is 32.2. The zero-order valence-electron chi connectivity index (χ0n) is 13.7. The number of nitrogens with one attached hydrogen (secondary N) is 2. The molecule has 0 saturated carbocycles. The number of rotatable bonds is 8. The van der Waals surface area contributed by atoms with E-state index in [0.29, 0.717) is 12.8 Å². The molecule has 26 heavy (non-hydrogen) atoms. The molecular weight excluding hydrogens is 368 g/mol. The van der Waals surface area contributed by atoms with Crippen LogP contribution in [0.4, 0.5) is 20.3 Å². The van der Waals surface area contributed by atoms with E-state index in [0.717, 1.165) is 24.4 Å². The van der Waals surface area contributed by atoms with Gasteiger partial charge in [0.15, 0.2) is 11.6 Å². The maximum absolute atomic E-state index is 13.2. The van der Waals surface area contributed by atoms with Crippen molar-refractivity contribution in [2.75, 3.05) is 10.0 Å². The molecule has 1 aromatic heterocycles. The lowest BCUT2D eigenvalue weighted by atomic mass is 10.2. The van der Waals surface area contributed by atoms with Crippen molar-refractivity contribution in [1.29, 1.82) is 0 Å². The van der Waals surface area contributed by atoms with Crippen molar-refractivity contribution in [2.45, 2.75) is 30.7 Å². The summed E-state index contributed by atoms with van der Waals surface area (Å²) in [5.74, 6) is -3.11. The number of pyridine rings is 1. The van der Waals surface area contributed by atoms with E-state index >= 15 is 0 Å². The second-order valence-electron chi connectivity index (χ2n) is 5.44. The monoisotopic (exact) mass is 385 g/mol. The summed E-state index contributed by atoms with van der Waals surface area (Å²) in [5.41, 5.74) is -0.139. The Morgan fingerprint density at radius 3 is 2.50 bits per heavy atom. The molecule has 0 fully saturated rings. The van der Waals surface area contributed by atoms with Crippen LogP contribution < -0.4 is 10.0 Å². The van der Waals surface area contributed by atoms with Crippen LogP contribution in [0.25, 0.3) is 0 Å². The van der Waals surface area contributed by atoms with Gasteiger partial charge in [-0.15, -0.1) is 0 Å². The van der Waals surface area contributed by atoms with E-state index in [1.807, 2.05) is 6.92 Å². The van der Waals surface area contributed by atoms with Crippen LogP contribution in [0.2, 0.25) is 0 Å². The highest BCUT2D eigenvalue weighted by Gasteiger charge is 2.18. The molecule has 7 nitrogen and oxygen atoms in total. The van der Waals surface area contributed by atoms with Crippen molar-refractivity contribution in [3.05, 3.63) is 48.2 Å². The minimum absolute atomic E-state index is 0.139. The van der Waals surface area contributed by atoms with E-state index in [1.54, 1.807) is 0 Å². The van der Waals surface area contributed by atoms with Gasteiger partial charge in [0.2, 0.25) is 0 Å². The largest absolute Gasteiger partial charge is 0.480 e. The maximum atomic E-state index is 13.2. The molecule has 0 amide bonds. The fourth-order valence-corrected chi connectivity index (χ4v) is 3.12. The first kappa shape index (κ1) is 19.6. The van der Waals surface area contributed by atoms with Gasteiger partial charge >= 0.3 is 5.97 Å². The molecular formula is C16H17F2N3O4S. The summed E-state index contributed by atoms with van der Waals surface area (Å²) in [4.78, 5) is 14.8. The quantitative estimate of drug-likeness (QED) is 0.645. The lowest BCUT2D eigenvalue weighted by Gasteiger charge is -2.14. The molecule has 1 heterocycles. The van der Waals surface area contributed by atoms with Gasteiger partial charge in [-0.25, -0.2) is 27.0 Å². The molecule has 0 aliphatic carbocycles. The minimum atomic E-state index is -4.06. The normalized spacial score (nSPS) is 12.4. The van der Waals surface area contributed by atoms with E-state index in [1.165, 1.54) is 12.1 Å². The number of carbonyl (C=O) groups is 1. The fourth-order valence-electron chi connectivity index (χ4n) is 2.12. The minimum Gasteiger partial charge on any atom is -0.480 e. The highest BCUT2D eigenvalue weighted by molar-refractivity contribution is 7.92. The van der Waals surface area contributed by atoms with Gasteiger partial charge in [-0.1, -0.05) is 13.3 Å². The lowest BCUT2D eigenvalue weighted by molar-refractivity contribution is -0.138. The van der Waals surface area contributed by atoms with Crippen molar-refractivity contribution in [1.82, 2.24) is 4.98 Å². The average Bonchev–Trinajstić information content (AvgIpc) is 2.58. The number of nitrogens with zero attached hydrogens (tertiary/aromatic N) is 1. The topological polar surface area (TPSA) is 108 Å². The zero-order chi connectivity index (χ0) is 19.3. The number of hydrogen-bond donors (Lipinski definition) is 3. The third kappa shape index (κ3) is 4.88. The number of anilines is 2. The predicted octanol–water partition coefficient (Wildman–Crippen LogP) is 2.83. The highest BCUT2D eigenvalue weighted by Crippen LogP contribution is 2.19. The molecule has 1 unspecified atom stereocenters. The van der Waals surface area contributed by atoms with Gasteiger partial charge < -0.3 is 10.4 Å². The van der Waals surface area contributed by atoms with Gasteiger partial charge in [-0.3, -0.25) is 4.72 Å². The van der Waals surface area contributed by atoms with Crippen LogP contribution in [0.1, 0.15) is 19.8 Å². The molecule has 0 bridgehead atoms. The van der Waals surface area contributed by atoms with Crippen LogP contribution in [-0.4, -0.2) is 30.5 Å². The van der Waals surface area contributed by atoms with Crippen molar-refractivity contribution >= 4 is 27.5 Å². The summed E-state index contributed by atoms with van der Waals surface area (Å²) in [7, 11) is -4.06. The first-order valence-corrected chi connectivity index (χ1v) is 9.14. The first-order chi connectivity index (χ1) is 12.2. The Morgan fingerprint density at radius 1 is 1.23 bits per heavy atom. The number of carboxylic acid groups (broad SMARTS) is 1. The molecule has 0 radical (unpaired) electrons. The fraction of sp³-hybridized carbons (Fsp3) is 0.250. The van der Waals surface area contributed by atoms with Crippen molar-refractivity contribution in [3.63, 3.8) is 0 Å². The van der Waals surface area contributed by atoms with Gasteiger partial charge in [0.1, 0.15) is 16.8 Å². The SMILES string of the molecule is CCCC(Nc1ccc(S(=O)(=O)Nc2ccc(F)c(F)c2)cn1)C(=O)O. The van der Waals surface area contributed by atoms with Gasteiger partial charge in [0.25, 0.3) is 10.0 Å². The Balaban J connectivity index is 2.15. The summed E-state index contributed by atoms with van der Waals surface area (Å²) < 4.78 is 52.7. The molecule has 2 rings (SSSR count). The Morgan fingerprint density at radius 2 is 1.96 bits per heavy atom. The standard InChI is InChI=1S/C16H17F2N3O4S/c1-2-3-14(16(22)23)20-15-7-5-11(9-19-15)26(24,25)21-10-4-6-12(17)13(18)8-10/h4-9,14,21H,2-3H2,1H3,(H,19,20)(H,22,23). The Kier molecular flexibility index (Phi) is 6.09. The summed E-state index contributed by atoms with van der Waals surface area (Å²) in [6.45, 7) is 1.84. The number of benzene rings is 1. The zero-order valence-corrected chi connectivity index (χ0v) is 14.6. The number of carboxylic acids is 1. The molecule has 1 aromatic carbocycles. The Labute approximate surface area is 149 Å². The van der Waals surface area contributed by atoms with Crippen molar-refractivity contribution in [2.24, 2.45) is 0 Å². The second kappa shape index (κ2) is 8.09. The van der Waals surface area contributed by atoms with Crippen molar-refractivity contribution in [3.8, 4) is 0 Å². The molecule has 140 valence electrons. The molecule has 0 aliphatic heterocycles. The molecule has 3 N–H and O–H groups in total. The summed E-state index contributed by atoms with van der Waals surface area (Å²) in [5, 5.41) is 11.8. The van der Waals surface area contributed by atoms with Crippen LogP contribution in [-0.2, 0) is 14.8 Å². The average molecular weight is 385 g/mol. The second-order valence-corrected chi connectivity index (χ2v) is 7.12. The lowest BCUT2D eigenvalue weighted by Crippen LogP contribution is -2.29. The van der Waals surface area contributed by atoms with E-state index in [2.05, 4.69) is 15.0 Å². The maximum Gasteiger partial charge on any atom is 0.326 e. The third-order valence-electron chi connectivity index (χ3n) is 3.42. The molecule has 0 spiro atoms. The first-order valence-electron chi connectivity index (χ1n) is 7.66. The van der Waals surface area contributed by atoms with Crippen LogP contribution in [0.15, 0.2) is 41.4 Å². The Bertz CT molecular complexity index is 889. The number of aliphatic carboxylic acids is 1. The van der Waals surface area contributed by atoms with Crippen LogP contribution in [0.5, 0.6) is 0 Å². The van der Waals surface area contributed by atoms with Gasteiger partial charge in [-0.05, 0) is 30.7 Å². The van der Waals surface area contributed by atoms with E-state index < -0.39 is 33.7 Å². The molecule has 2 aromatic rings.